The number of carbonyl (C=O) groups is 1. The average Bonchev–Trinajstić information content (AvgIpc) is 3.15. The monoisotopic (exact) mass is 318 g/mol. The number of nitrogens with zero attached hydrogens (tertiary/aromatic N) is 2. The van der Waals surface area contributed by atoms with E-state index in [2.05, 4.69) is 4.98 Å². The first-order valence-corrected chi connectivity index (χ1v) is 8.74. The first-order chi connectivity index (χ1) is 11.1. The maximum absolute atomic E-state index is 14.0. The molecule has 2 saturated heterocycles. The number of fused-ring (bicyclic) bond motifs is 2. The third kappa shape index (κ3) is 2.45. The lowest BCUT2D eigenvalue weighted by atomic mass is 9.80. The van der Waals surface area contributed by atoms with Gasteiger partial charge < -0.3 is 10.0 Å². The Morgan fingerprint density at radius 1 is 1.22 bits per heavy atom. The van der Waals surface area contributed by atoms with Crippen molar-refractivity contribution in [2.24, 2.45) is 5.92 Å². The lowest BCUT2D eigenvalue weighted by molar-refractivity contribution is -0.146. The van der Waals surface area contributed by atoms with Crippen LogP contribution in [0, 0.1) is 11.9 Å². The molecule has 1 N–H and O–H groups in total. The van der Waals surface area contributed by atoms with Crippen molar-refractivity contribution in [3.63, 3.8) is 0 Å². The highest BCUT2D eigenvalue weighted by Gasteiger charge is 2.51. The fraction of sp³-hybridized carbons (Fsp3) is 0.667. The standard InChI is InChI=1S/C18H23FN2O2/c19-16-15(6-3-9-20-16)18(23)10-13-7-8-14(11-18)21(13)17(22)12-4-1-2-5-12/h3,6,9,12-14,23H,1-2,4-5,7-8,10-11H2/t13-,14-/m1/s1. The summed E-state index contributed by atoms with van der Waals surface area (Å²) >= 11 is 0. The molecule has 1 aliphatic carbocycles. The largest absolute Gasteiger partial charge is 0.385 e. The highest BCUT2D eigenvalue weighted by atomic mass is 19.1. The second kappa shape index (κ2) is 5.55. The summed E-state index contributed by atoms with van der Waals surface area (Å²) < 4.78 is 14.0. The Balaban J connectivity index is 1.58. The second-order valence-electron chi connectivity index (χ2n) is 7.39. The minimum absolute atomic E-state index is 0.0338. The van der Waals surface area contributed by atoms with Crippen LogP contribution < -0.4 is 0 Å². The minimum Gasteiger partial charge on any atom is -0.385 e. The smallest absolute Gasteiger partial charge is 0.226 e. The van der Waals surface area contributed by atoms with E-state index < -0.39 is 11.5 Å². The molecule has 5 heteroatoms. The van der Waals surface area contributed by atoms with Crippen LogP contribution in [0.1, 0.15) is 56.9 Å². The molecule has 3 heterocycles. The Morgan fingerprint density at radius 3 is 2.48 bits per heavy atom. The van der Waals surface area contributed by atoms with Gasteiger partial charge in [0.1, 0.15) is 0 Å². The molecule has 2 bridgehead atoms. The lowest BCUT2D eigenvalue weighted by Gasteiger charge is -2.44. The highest BCUT2D eigenvalue weighted by Crippen LogP contribution is 2.47. The summed E-state index contributed by atoms with van der Waals surface area (Å²) in [6, 6.07) is 3.35. The van der Waals surface area contributed by atoms with Crippen molar-refractivity contribution in [1.29, 1.82) is 0 Å². The van der Waals surface area contributed by atoms with Crippen molar-refractivity contribution < 1.29 is 14.3 Å². The van der Waals surface area contributed by atoms with Crippen LogP contribution in [0.4, 0.5) is 4.39 Å². The molecule has 4 rings (SSSR count). The van der Waals surface area contributed by atoms with Crippen LogP contribution in [0.5, 0.6) is 0 Å². The van der Waals surface area contributed by atoms with E-state index in [1.54, 1.807) is 12.1 Å². The molecule has 4 nitrogen and oxygen atoms in total. The number of aliphatic hydroxyl groups is 1. The van der Waals surface area contributed by atoms with Crippen molar-refractivity contribution in [3.8, 4) is 0 Å². The fourth-order valence-electron chi connectivity index (χ4n) is 4.92. The zero-order valence-electron chi connectivity index (χ0n) is 13.2. The third-order valence-corrected chi connectivity index (χ3v) is 5.99. The number of rotatable bonds is 2. The molecule has 2 aliphatic heterocycles. The molecule has 23 heavy (non-hydrogen) atoms. The molecule has 1 aromatic rings. The van der Waals surface area contributed by atoms with Crippen LogP contribution in [0.15, 0.2) is 18.3 Å². The van der Waals surface area contributed by atoms with E-state index in [4.69, 9.17) is 0 Å². The van der Waals surface area contributed by atoms with Gasteiger partial charge in [0.25, 0.3) is 0 Å². The molecule has 3 aliphatic rings. The van der Waals surface area contributed by atoms with Gasteiger partial charge in [-0.05, 0) is 31.7 Å². The van der Waals surface area contributed by atoms with Gasteiger partial charge in [0.2, 0.25) is 11.9 Å². The predicted molar refractivity (Wildman–Crippen MR) is 82.9 cm³/mol. The van der Waals surface area contributed by atoms with Gasteiger partial charge in [0.15, 0.2) is 0 Å². The first-order valence-electron chi connectivity index (χ1n) is 8.74. The molecular formula is C18H23FN2O2. The molecule has 1 amide bonds. The molecule has 124 valence electrons. The van der Waals surface area contributed by atoms with Crippen LogP contribution in [0.25, 0.3) is 0 Å². The van der Waals surface area contributed by atoms with E-state index in [1.165, 1.54) is 6.20 Å². The van der Waals surface area contributed by atoms with Gasteiger partial charge in [-0.2, -0.15) is 4.39 Å². The summed E-state index contributed by atoms with van der Waals surface area (Å²) in [5.74, 6) is -0.159. The zero-order valence-corrected chi connectivity index (χ0v) is 13.2. The zero-order chi connectivity index (χ0) is 16.0. The summed E-state index contributed by atoms with van der Waals surface area (Å²) in [6.07, 6.45) is 8.34. The number of halogens is 1. The predicted octanol–water partition coefficient (Wildman–Crippen LogP) is 2.75. The summed E-state index contributed by atoms with van der Waals surface area (Å²) in [6.45, 7) is 0. The Morgan fingerprint density at radius 2 is 1.87 bits per heavy atom. The van der Waals surface area contributed by atoms with E-state index >= 15 is 0 Å². The quantitative estimate of drug-likeness (QED) is 0.853. The van der Waals surface area contributed by atoms with Crippen molar-refractivity contribution in [2.75, 3.05) is 0 Å². The molecular weight excluding hydrogens is 295 g/mol. The maximum atomic E-state index is 14.0. The first kappa shape index (κ1) is 15.1. The van der Waals surface area contributed by atoms with Crippen molar-refractivity contribution in [1.82, 2.24) is 9.88 Å². The van der Waals surface area contributed by atoms with Crippen molar-refractivity contribution in [2.45, 2.75) is 69.1 Å². The number of hydrogen-bond acceptors (Lipinski definition) is 3. The summed E-state index contributed by atoms with van der Waals surface area (Å²) in [7, 11) is 0. The Hall–Kier alpha value is -1.49. The summed E-state index contributed by atoms with van der Waals surface area (Å²) in [5.41, 5.74) is -0.916. The SMILES string of the molecule is O=C(C1CCCC1)N1[C@@H]2CC[C@@H]1CC(O)(c1cccnc1F)C2. The molecule has 1 saturated carbocycles. The molecule has 0 aromatic carbocycles. The second-order valence-corrected chi connectivity index (χ2v) is 7.39. The van der Waals surface area contributed by atoms with Gasteiger partial charge in [0.05, 0.1) is 5.60 Å². The van der Waals surface area contributed by atoms with Crippen LogP contribution >= 0.6 is 0 Å². The van der Waals surface area contributed by atoms with Gasteiger partial charge in [-0.3, -0.25) is 4.79 Å². The van der Waals surface area contributed by atoms with Gasteiger partial charge in [0, 0.05) is 42.6 Å². The topological polar surface area (TPSA) is 53.4 Å². The van der Waals surface area contributed by atoms with Crippen molar-refractivity contribution in [3.05, 3.63) is 29.8 Å². The number of carbonyl (C=O) groups excluding carboxylic acids is 1. The number of aromatic nitrogens is 1. The molecule has 0 spiro atoms. The number of amides is 1. The van der Waals surface area contributed by atoms with Crippen LogP contribution in [-0.4, -0.2) is 33.0 Å². The summed E-state index contributed by atoms with van der Waals surface area (Å²) in [5, 5.41) is 11.1. The van der Waals surface area contributed by atoms with Crippen LogP contribution in [0.2, 0.25) is 0 Å². The molecule has 0 unspecified atom stereocenters. The van der Waals surface area contributed by atoms with Crippen LogP contribution in [-0.2, 0) is 10.4 Å². The maximum Gasteiger partial charge on any atom is 0.226 e. The van der Waals surface area contributed by atoms with E-state index in [1.807, 2.05) is 4.90 Å². The molecule has 1 aromatic heterocycles. The van der Waals surface area contributed by atoms with Crippen LogP contribution in [0.3, 0.4) is 0 Å². The Bertz CT molecular complexity index is 601. The number of pyridine rings is 1. The third-order valence-electron chi connectivity index (χ3n) is 5.99. The van der Waals surface area contributed by atoms with E-state index in [0.29, 0.717) is 12.8 Å². The normalized spacial score (nSPS) is 34.1. The number of hydrogen-bond donors (Lipinski definition) is 1. The fourth-order valence-corrected chi connectivity index (χ4v) is 4.92. The van der Waals surface area contributed by atoms with E-state index in [-0.39, 0.29) is 29.5 Å². The minimum atomic E-state index is -1.20. The Labute approximate surface area is 135 Å². The average molecular weight is 318 g/mol. The van der Waals surface area contributed by atoms with Gasteiger partial charge in [-0.15, -0.1) is 0 Å². The van der Waals surface area contributed by atoms with E-state index in [0.717, 1.165) is 38.5 Å². The van der Waals surface area contributed by atoms with Gasteiger partial charge in [-0.1, -0.05) is 18.9 Å². The highest BCUT2D eigenvalue weighted by molar-refractivity contribution is 5.80. The molecule has 0 radical (unpaired) electrons. The lowest BCUT2D eigenvalue weighted by Crippen LogP contribution is -2.53. The summed E-state index contributed by atoms with van der Waals surface area (Å²) in [4.78, 5) is 18.5. The number of piperidine rings is 1. The van der Waals surface area contributed by atoms with Gasteiger partial charge in [-0.25, -0.2) is 4.98 Å². The molecule has 3 fully saturated rings. The Kier molecular flexibility index (Phi) is 3.63. The van der Waals surface area contributed by atoms with E-state index in [9.17, 15) is 14.3 Å². The molecule has 2 atom stereocenters. The van der Waals surface area contributed by atoms with Gasteiger partial charge >= 0.3 is 0 Å². The van der Waals surface area contributed by atoms with Crippen molar-refractivity contribution >= 4 is 5.91 Å².